The zero-order chi connectivity index (χ0) is 6.69. The minimum atomic E-state index is -0.955. The number of hydrogen-bond donors (Lipinski definition) is 1. The maximum atomic E-state index is 12.6. The van der Waals surface area contributed by atoms with Crippen molar-refractivity contribution in [1.82, 2.24) is 0 Å². The number of halogens is 1. The third-order valence-corrected chi connectivity index (χ3v) is 1.66. The van der Waals surface area contributed by atoms with Crippen LogP contribution in [0.1, 0.15) is 6.42 Å². The molecule has 0 unspecified atom stereocenters. The Morgan fingerprint density at radius 3 is 2.89 bits per heavy atom. The van der Waals surface area contributed by atoms with Crippen LogP contribution in [-0.2, 0) is 4.74 Å². The summed E-state index contributed by atoms with van der Waals surface area (Å²) in [7, 11) is 0. The molecule has 1 aliphatic rings. The Morgan fingerprint density at radius 2 is 2.44 bits per heavy atom. The van der Waals surface area contributed by atoms with Gasteiger partial charge in [0.15, 0.2) is 0 Å². The average Bonchev–Trinajstić information content (AvgIpc) is 1.89. The second-order valence-electron chi connectivity index (χ2n) is 2.32. The van der Waals surface area contributed by atoms with E-state index >= 15 is 0 Å². The van der Waals surface area contributed by atoms with Crippen molar-refractivity contribution in [3.8, 4) is 0 Å². The lowest BCUT2D eigenvalue weighted by Gasteiger charge is -2.23. The van der Waals surface area contributed by atoms with Crippen molar-refractivity contribution >= 4 is 0 Å². The van der Waals surface area contributed by atoms with Crippen molar-refractivity contribution in [3.63, 3.8) is 0 Å². The monoisotopic (exact) mass is 134 g/mol. The predicted molar refractivity (Wildman–Crippen MR) is 30.9 cm³/mol. The molecule has 0 aromatic carbocycles. The minimum absolute atomic E-state index is 0.0511. The summed E-state index contributed by atoms with van der Waals surface area (Å²) in [5.74, 6) is -0.182. The molecule has 2 atom stereocenters. The lowest BCUT2D eigenvalue weighted by atomic mass is 10.00. The van der Waals surface area contributed by atoms with E-state index in [1.165, 1.54) is 0 Å². The zero-order valence-electron chi connectivity index (χ0n) is 5.22. The highest BCUT2D eigenvalue weighted by Gasteiger charge is 2.23. The lowest BCUT2D eigenvalue weighted by Crippen LogP contribution is -2.31. The van der Waals surface area contributed by atoms with Crippen LogP contribution in [0, 0.1) is 5.92 Å². The molecule has 0 aromatic heterocycles. The van der Waals surface area contributed by atoms with E-state index in [4.69, 9.17) is 9.84 Å². The maximum Gasteiger partial charge on any atom is 0.128 e. The standard InChI is InChI=1S/C6H11FO2/c7-6-4-9-2-1-5(6)3-8/h5-6,8H,1-4H2/t5-,6-/m0/s1. The van der Waals surface area contributed by atoms with Gasteiger partial charge in [0, 0.05) is 19.1 Å². The van der Waals surface area contributed by atoms with Crippen LogP contribution in [0.15, 0.2) is 0 Å². The van der Waals surface area contributed by atoms with E-state index in [-0.39, 0.29) is 19.1 Å². The molecule has 0 aliphatic carbocycles. The Morgan fingerprint density at radius 1 is 1.67 bits per heavy atom. The van der Waals surface area contributed by atoms with Gasteiger partial charge in [-0.3, -0.25) is 0 Å². The Balaban J connectivity index is 2.30. The van der Waals surface area contributed by atoms with Gasteiger partial charge in [-0.05, 0) is 6.42 Å². The molecule has 1 aliphatic heterocycles. The molecule has 0 radical (unpaired) electrons. The molecule has 0 bridgehead atoms. The highest BCUT2D eigenvalue weighted by molar-refractivity contribution is 4.71. The van der Waals surface area contributed by atoms with Gasteiger partial charge in [0.25, 0.3) is 0 Å². The molecule has 0 aromatic rings. The van der Waals surface area contributed by atoms with E-state index in [1.54, 1.807) is 0 Å². The Bertz CT molecular complexity index is 87.1. The summed E-state index contributed by atoms with van der Waals surface area (Å²) in [6, 6.07) is 0. The van der Waals surface area contributed by atoms with Crippen molar-refractivity contribution in [2.45, 2.75) is 12.6 Å². The number of hydrogen-bond acceptors (Lipinski definition) is 2. The number of rotatable bonds is 1. The van der Waals surface area contributed by atoms with Gasteiger partial charge in [0.05, 0.1) is 6.61 Å². The molecule has 1 heterocycles. The van der Waals surface area contributed by atoms with Gasteiger partial charge in [-0.1, -0.05) is 0 Å². The molecule has 2 nitrogen and oxygen atoms in total. The van der Waals surface area contributed by atoms with E-state index in [0.717, 1.165) is 0 Å². The highest BCUT2D eigenvalue weighted by Crippen LogP contribution is 2.17. The maximum absolute atomic E-state index is 12.6. The number of aliphatic hydroxyl groups excluding tert-OH is 1. The normalized spacial score (nSPS) is 36.7. The van der Waals surface area contributed by atoms with Gasteiger partial charge in [0.2, 0.25) is 0 Å². The van der Waals surface area contributed by atoms with Gasteiger partial charge in [0.1, 0.15) is 6.17 Å². The molecule has 1 rings (SSSR count). The SMILES string of the molecule is OC[C@@H]1CCOC[C@@H]1F. The number of alkyl halides is 1. The van der Waals surface area contributed by atoms with Crippen molar-refractivity contribution in [1.29, 1.82) is 0 Å². The van der Waals surface area contributed by atoms with Crippen LogP contribution in [0.3, 0.4) is 0 Å². The van der Waals surface area contributed by atoms with Gasteiger partial charge in [-0.2, -0.15) is 0 Å². The summed E-state index contributed by atoms with van der Waals surface area (Å²) < 4.78 is 17.4. The summed E-state index contributed by atoms with van der Waals surface area (Å²) >= 11 is 0. The third-order valence-electron chi connectivity index (χ3n) is 1.66. The van der Waals surface area contributed by atoms with Gasteiger partial charge in [-0.25, -0.2) is 4.39 Å². The van der Waals surface area contributed by atoms with Crippen LogP contribution < -0.4 is 0 Å². The summed E-state index contributed by atoms with van der Waals surface area (Å²) in [4.78, 5) is 0. The first-order chi connectivity index (χ1) is 4.34. The van der Waals surface area contributed by atoms with E-state index in [9.17, 15) is 4.39 Å². The highest BCUT2D eigenvalue weighted by atomic mass is 19.1. The fourth-order valence-electron chi connectivity index (χ4n) is 0.953. The fraction of sp³-hybridized carbons (Fsp3) is 1.00. The molecular formula is C6H11FO2. The third kappa shape index (κ3) is 1.63. The van der Waals surface area contributed by atoms with Crippen molar-refractivity contribution in [3.05, 3.63) is 0 Å². The van der Waals surface area contributed by atoms with Gasteiger partial charge < -0.3 is 9.84 Å². The van der Waals surface area contributed by atoms with E-state index in [2.05, 4.69) is 0 Å². The second kappa shape index (κ2) is 3.13. The van der Waals surface area contributed by atoms with Crippen molar-refractivity contribution in [2.24, 2.45) is 5.92 Å². The van der Waals surface area contributed by atoms with Crippen LogP contribution in [0.25, 0.3) is 0 Å². The largest absolute Gasteiger partial charge is 0.396 e. The molecule has 0 saturated carbocycles. The summed E-state index contributed by atoms with van der Waals surface area (Å²) in [5.41, 5.74) is 0. The quantitative estimate of drug-likeness (QED) is 0.560. The predicted octanol–water partition coefficient (Wildman–Crippen LogP) is 0.353. The Kier molecular flexibility index (Phi) is 2.42. The molecule has 3 heteroatoms. The van der Waals surface area contributed by atoms with E-state index in [0.29, 0.717) is 13.0 Å². The Labute approximate surface area is 53.6 Å². The molecule has 1 fully saturated rings. The van der Waals surface area contributed by atoms with Gasteiger partial charge >= 0.3 is 0 Å². The fourth-order valence-corrected chi connectivity index (χ4v) is 0.953. The number of aliphatic hydroxyl groups is 1. The smallest absolute Gasteiger partial charge is 0.128 e. The first-order valence-electron chi connectivity index (χ1n) is 3.17. The first-order valence-corrected chi connectivity index (χ1v) is 3.17. The molecular weight excluding hydrogens is 123 g/mol. The molecule has 0 amide bonds. The van der Waals surface area contributed by atoms with E-state index in [1.807, 2.05) is 0 Å². The molecule has 1 saturated heterocycles. The lowest BCUT2D eigenvalue weighted by molar-refractivity contribution is -0.0192. The topological polar surface area (TPSA) is 29.5 Å². The summed E-state index contributed by atoms with van der Waals surface area (Å²) in [6.45, 7) is 0.696. The summed E-state index contributed by atoms with van der Waals surface area (Å²) in [5, 5.41) is 8.57. The van der Waals surface area contributed by atoms with Crippen LogP contribution in [0.2, 0.25) is 0 Å². The van der Waals surface area contributed by atoms with Crippen LogP contribution in [-0.4, -0.2) is 31.1 Å². The molecule has 54 valence electrons. The molecule has 0 spiro atoms. The van der Waals surface area contributed by atoms with Crippen molar-refractivity contribution in [2.75, 3.05) is 19.8 Å². The molecule has 9 heavy (non-hydrogen) atoms. The number of ether oxygens (including phenoxy) is 1. The minimum Gasteiger partial charge on any atom is -0.396 e. The van der Waals surface area contributed by atoms with Crippen LogP contribution in [0.4, 0.5) is 4.39 Å². The van der Waals surface area contributed by atoms with Gasteiger partial charge in [-0.15, -0.1) is 0 Å². The van der Waals surface area contributed by atoms with Crippen LogP contribution in [0.5, 0.6) is 0 Å². The van der Waals surface area contributed by atoms with Crippen LogP contribution >= 0.6 is 0 Å². The molecule has 1 N–H and O–H groups in total. The van der Waals surface area contributed by atoms with E-state index < -0.39 is 6.17 Å². The Hall–Kier alpha value is -0.150. The van der Waals surface area contributed by atoms with Crippen molar-refractivity contribution < 1.29 is 14.2 Å². The zero-order valence-corrected chi connectivity index (χ0v) is 5.22. The average molecular weight is 134 g/mol. The summed E-state index contributed by atoms with van der Waals surface area (Å²) in [6.07, 6.45) is -0.304. The second-order valence-corrected chi connectivity index (χ2v) is 2.32. The first kappa shape index (κ1) is 6.96.